The summed E-state index contributed by atoms with van der Waals surface area (Å²) in [5.41, 5.74) is 6.13. The van der Waals surface area contributed by atoms with Crippen molar-refractivity contribution in [2.75, 3.05) is 6.54 Å². The third kappa shape index (κ3) is 6.76. The van der Waals surface area contributed by atoms with Gasteiger partial charge >= 0.3 is 0 Å². The number of carbonyl (C=O) groups excluding carboxylic acids is 1. The predicted octanol–water partition coefficient (Wildman–Crippen LogP) is 3.56. The SMILES string of the molecule is CCCCCCCCCNC(=O)c1coc(C(N)CC)n1. The smallest absolute Gasteiger partial charge is 0.273 e. The van der Waals surface area contributed by atoms with Crippen LogP contribution in [0.2, 0.25) is 0 Å². The van der Waals surface area contributed by atoms with Gasteiger partial charge in [-0.3, -0.25) is 4.79 Å². The molecule has 0 aromatic carbocycles. The van der Waals surface area contributed by atoms with E-state index in [0.29, 0.717) is 18.1 Å². The molecule has 1 rings (SSSR count). The minimum absolute atomic E-state index is 0.181. The van der Waals surface area contributed by atoms with E-state index < -0.39 is 0 Å². The molecule has 5 nitrogen and oxygen atoms in total. The van der Waals surface area contributed by atoms with Crippen molar-refractivity contribution in [3.8, 4) is 0 Å². The van der Waals surface area contributed by atoms with Gasteiger partial charge in [-0.2, -0.15) is 0 Å². The van der Waals surface area contributed by atoms with Crippen molar-refractivity contribution in [2.24, 2.45) is 5.73 Å². The second kappa shape index (κ2) is 10.4. The van der Waals surface area contributed by atoms with Crippen molar-refractivity contribution in [3.05, 3.63) is 17.8 Å². The number of hydrogen-bond donors (Lipinski definition) is 2. The average molecular weight is 295 g/mol. The maximum absolute atomic E-state index is 11.9. The number of nitrogens with one attached hydrogen (secondary N) is 1. The molecule has 0 aliphatic rings. The summed E-state index contributed by atoms with van der Waals surface area (Å²) in [6.07, 6.45) is 10.7. The number of nitrogens with zero attached hydrogens (tertiary/aromatic N) is 1. The molecule has 120 valence electrons. The van der Waals surface area contributed by atoms with Gasteiger partial charge in [0.1, 0.15) is 6.26 Å². The Bertz CT molecular complexity index is 404. The van der Waals surface area contributed by atoms with E-state index in [4.69, 9.17) is 10.2 Å². The van der Waals surface area contributed by atoms with Gasteiger partial charge in [0.05, 0.1) is 6.04 Å². The van der Waals surface area contributed by atoms with Crippen molar-refractivity contribution in [1.82, 2.24) is 10.3 Å². The summed E-state index contributed by atoms with van der Waals surface area (Å²) in [6.45, 7) is 4.86. The molecule has 0 bridgehead atoms. The van der Waals surface area contributed by atoms with Crippen molar-refractivity contribution in [3.63, 3.8) is 0 Å². The van der Waals surface area contributed by atoms with Gasteiger partial charge in [0.15, 0.2) is 5.69 Å². The molecule has 3 N–H and O–H groups in total. The first-order chi connectivity index (χ1) is 10.2. The van der Waals surface area contributed by atoms with Gasteiger partial charge in [0, 0.05) is 6.54 Å². The van der Waals surface area contributed by atoms with Crippen LogP contribution >= 0.6 is 0 Å². The molecule has 0 fully saturated rings. The first-order valence-corrected chi connectivity index (χ1v) is 8.18. The Balaban J connectivity index is 2.15. The van der Waals surface area contributed by atoms with Gasteiger partial charge in [-0.1, -0.05) is 52.4 Å². The zero-order valence-corrected chi connectivity index (χ0v) is 13.4. The number of rotatable bonds is 11. The zero-order chi connectivity index (χ0) is 15.5. The molecule has 1 aromatic heterocycles. The van der Waals surface area contributed by atoms with E-state index in [2.05, 4.69) is 17.2 Å². The molecule has 1 unspecified atom stereocenters. The van der Waals surface area contributed by atoms with E-state index >= 15 is 0 Å². The van der Waals surface area contributed by atoms with Crippen LogP contribution in [0.15, 0.2) is 10.7 Å². The topological polar surface area (TPSA) is 81.2 Å². The quantitative estimate of drug-likeness (QED) is 0.611. The minimum atomic E-state index is -0.241. The molecular weight excluding hydrogens is 266 g/mol. The highest BCUT2D eigenvalue weighted by Crippen LogP contribution is 2.12. The molecule has 0 spiro atoms. The van der Waals surface area contributed by atoms with E-state index in [1.54, 1.807) is 0 Å². The number of carbonyl (C=O) groups is 1. The monoisotopic (exact) mass is 295 g/mol. The fourth-order valence-corrected chi connectivity index (χ4v) is 2.11. The Morgan fingerprint density at radius 1 is 1.24 bits per heavy atom. The molecule has 21 heavy (non-hydrogen) atoms. The van der Waals surface area contributed by atoms with Crippen LogP contribution < -0.4 is 11.1 Å². The van der Waals surface area contributed by atoms with Crippen molar-refractivity contribution < 1.29 is 9.21 Å². The summed E-state index contributed by atoms with van der Waals surface area (Å²) < 4.78 is 5.22. The molecular formula is C16H29N3O2. The number of amides is 1. The number of aromatic nitrogens is 1. The summed E-state index contributed by atoms with van der Waals surface area (Å²) in [7, 11) is 0. The second-order valence-electron chi connectivity index (χ2n) is 5.46. The highest BCUT2D eigenvalue weighted by atomic mass is 16.3. The van der Waals surface area contributed by atoms with Crippen LogP contribution in [0.4, 0.5) is 0 Å². The molecule has 1 atom stereocenters. The maximum Gasteiger partial charge on any atom is 0.273 e. The molecule has 5 heteroatoms. The van der Waals surface area contributed by atoms with Crippen LogP contribution in [0.5, 0.6) is 0 Å². The van der Waals surface area contributed by atoms with E-state index in [-0.39, 0.29) is 11.9 Å². The third-order valence-corrected chi connectivity index (χ3v) is 3.58. The first-order valence-electron chi connectivity index (χ1n) is 8.18. The largest absolute Gasteiger partial charge is 0.446 e. The Labute approximate surface area is 127 Å². The van der Waals surface area contributed by atoms with Gasteiger partial charge in [-0.05, 0) is 12.8 Å². The summed E-state index contributed by atoms with van der Waals surface area (Å²) in [4.78, 5) is 16.0. The Morgan fingerprint density at radius 2 is 1.90 bits per heavy atom. The van der Waals surface area contributed by atoms with Gasteiger partial charge < -0.3 is 15.5 Å². The Kier molecular flexibility index (Phi) is 8.74. The summed E-state index contributed by atoms with van der Waals surface area (Å²) in [5.74, 6) is 0.248. The predicted molar refractivity (Wildman–Crippen MR) is 84.0 cm³/mol. The van der Waals surface area contributed by atoms with Crippen LogP contribution in [-0.4, -0.2) is 17.4 Å². The molecule has 0 aliphatic carbocycles. The molecule has 0 saturated heterocycles. The fourth-order valence-electron chi connectivity index (χ4n) is 2.11. The lowest BCUT2D eigenvalue weighted by molar-refractivity contribution is 0.0948. The molecule has 1 amide bonds. The standard InChI is InChI=1S/C16H29N3O2/c1-3-5-6-7-8-9-10-11-18-15(20)14-12-21-16(19-14)13(17)4-2/h12-13H,3-11,17H2,1-2H3,(H,18,20). The van der Waals surface area contributed by atoms with Gasteiger partial charge in [-0.25, -0.2) is 4.98 Å². The summed E-state index contributed by atoms with van der Waals surface area (Å²) in [6, 6.07) is -0.241. The summed E-state index contributed by atoms with van der Waals surface area (Å²) in [5, 5.41) is 2.87. The second-order valence-corrected chi connectivity index (χ2v) is 5.46. The first kappa shape index (κ1) is 17.7. The van der Waals surface area contributed by atoms with Crippen LogP contribution in [0.3, 0.4) is 0 Å². The highest BCUT2D eigenvalue weighted by Gasteiger charge is 2.15. The van der Waals surface area contributed by atoms with Gasteiger partial charge in [0.2, 0.25) is 5.89 Å². The number of unbranched alkanes of at least 4 members (excludes halogenated alkanes) is 6. The average Bonchev–Trinajstić information content (AvgIpc) is 2.99. The molecule has 0 aliphatic heterocycles. The lowest BCUT2D eigenvalue weighted by Gasteiger charge is -2.03. The Morgan fingerprint density at radius 3 is 2.57 bits per heavy atom. The number of hydrogen-bond acceptors (Lipinski definition) is 4. The number of nitrogens with two attached hydrogens (primary N) is 1. The molecule has 0 radical (unpaired) electrons. The molecule has 1 heterocycles. The summed E-state index contributed by atoms with van der Waals surface area (Å²) >= 11 is 0. The van der Waals surface area contributed by atoms with Crippen molar-refractivity contribution >= 4 is 5.91 Å². The van der Waals surface area contributed by atoms with E-state index in [1.807, 2.05) is 6.92 Å². The van der Waals surface area contributed by atoms with E-state index in [9.17, 15) is 4.79 Å². The zero-order valence-electron chi connectivity index (χ0n) is 13.4. The Hall–Kier alpha value is -1.36. The maximum atomic E-state index is 11.9. The number of oxazole rings is 1. The van der Waals surface area contributed by atoms with Gasteiger partial charge in [-0.15, -0.1) is 0 Å². The third-order valence-electron chi connectivity index (χ3n) is 3.58. The van der Waals surface area contributed by atoms with Crippen LogP contribution in [0.1, 0.15) is 87.6 Å². The lowest BCUT2D eigenvalue weighted by Crippen LogP contribution is -2.25. The minimum Gasteiger partial charge on any atom is -0.446 e. The lowest BCUT2D eigenvalue weighted by atomic mass is 10.1. The van der Waals surface area contributed by atoms with Crippen LogP contribution in [0.25, 0.3) is 0 Å². The van der Waals surface area contributed by atoms with E-state index in [0.717, 1.165) is 19.3 Å². The fraction of sp³-hybridized carbons (Fsp3) is 0.750. The molecule has 1 aromatic rings. The van der Waals surface area contributed by atoms with Crippen LogP contribution in [-0.2, 0) is 0 Å². The van der Waals surface area contributed by atoms with Crippen molar-refractivity contribution in [2.45, 2.75) is 71.3 Å². The molecule has 0 saturated carbocycles. The normalized spacial score (nSPS) is 12.3. The van der Waals surface area contributed by atoms with Gasteiger partial charge in [0.25, 0.3) is 5.91 Å². The highest BCUT2D eigenvalue weighted by molar-refractivity contribution is 5.91. The van der Waals surface area contributed by atoms with Crippen LogP contribution in [0, 0.1) is 0 Å². The van der Waals surface area contributed by atoms with E-state index in [1.165, 1.54) is 38.4 Å². The van der Waals surface area contributed by atoms with Crippen molar-refractivity contribution in [1.29, 1.82) is 0 Å².